The van der Waals surface area contributed by atoms with Crippen LogP contribution in [0.5, 0.6) is 0 Å². The molecule has 2 heteroatoms. The second-order valence-electron chi connectivity index (χ2n) is 12.7. The van der Waals surface area contributed by atoms with Crippen molar-refractivity contribution in [1.29, 1.82) is 0 Å². The summed E-state index contributed by atoms with van der Waals surface area (Å²) >= 11 is 6.31. The van der Waals surface area contributed by atoms with Crippen LogP contribution in [0.3, 0.4) is 0 Å². The van der Waals surface area contributed by atoms with Crippen molar-refractivity contribution in [2.75, 3.05) is 0 Å². The van der Waals surface area contributed by atoms with Gasteiger partial charge in [0.1, 0.15) is 0 Å². The summed E-state index contributed by atoms with van der Waals surface area (Å²) in [6.45, 7) is 9.60. The minimum absolute atomic E-state index is 0.158. The second-order valence-corrected chi connectivity index (χ2v) is 13.1. The molecule has 1 heterocycles. The van der Waals surface area contributed by atoms with Crippen LogP contribution in [0.25, 0.3) is 49.7 Å². The maximum absolute atomic E-state index is 6.31. The first-order chi connectivity index (χ1) is 19.2. The fraction of sp³-hybridized carbons (Fsp3) is 0.211. The lowest BCUT2D eigenvalue weighted by Crippen LogP contribution is -2.33. The third-order valence-electron chi connectivity index (χ3n) is 9.12. The van der Waals surface area contributed by atoms with Gasteiger partial charge < -0.3 is 4.57 Å². The molecular weight excluding hydrogens is 506 g/mol. The van der Waals surface area contributed by atoms with E-state index in [1.54, 1.807) is 0 Å². The zero-order chi connectivity index (χ0) is 27.6. The molecular formula is C38H34ClN. The third kappa shape index (κ3) is 4.07. The minimum atomic E-state index is 0.158. The molecule has 1 aliphatic carbocycles. The minimum Gasteiger partial charge on any atom is -0.309 e. The topological polar surface area (TPSA) is 4.93 Å². The predicted molar refractivity (Wildman–Crippen MR) is 172 cm³/mol. The predicted octanol–water partition coefficient (Wildman–Crippen LogP) is 11.1. The van der Waals surface area contributed by atoms with Gasteiger partial charge in [0, 0.05) is 21.5 Å². The van der Waals surface area contributed by atoms with E-state index in [1.807, 2.05) is 18.2 Å². The number of halogens is 1. The van der Waals surface area contributed by atoms with E-state index in [1.165, 1.54) is 68.2 Å². The number of rotatable bonds is 3. The van der Waals surface area contributed by atoms with Gasteiger partial charge >= 0.3 is 0 Å². The van der Waals surface area contributed by atoms with Crippen LogP contribution in [0.4, 0.5) is 0 Å². The van der Waals surface area contributed by atoms with E-state index < -0.39 is 0 Å². The molecule has 5 aromatic carbocycles. The summed E-state index contributed by atoms with van der Waals surface area (Å²) in [5, 5.41) is 3.32. The first-order valence-corrected chi connectivity index (χ1v) is 14.6. The summed E-state index contributed by atoms with van der Waals surface area (Å²) in [6, 6.07) is 39.7. The van der Waals surface area contributed by atoms with Gasteiger partial charge in [0.15, 0.2) is 0 Å². The Hall–Kier alpha value is -3.81. The highest BCUT2D eigenvalue weighted by molar-refractivity contribution is 6.30. The highest BCUT2D eigenvalue weighted by Gasteiger charge is 2.37. The van der Waals surface area contributed by atoms with Crippen LogP contribution in [-0.2, 0) is 10.8 Å². The average Bonchev–Trinajstić information content (AvgIpc) is 3.29. The number of hydrogen-bond donors (Lipinski definition) is 0. The van der Waals surface area contributed by atoms with E-state index in [0.29, 0.717) is 0 Å². The number of fused-ring (bicyclic) bond motifs is 4. The second kappa shape index (κ2) is 9.11. The summed E-state index contributed by atoms with van der Waals surface area (Å²) in [5.74, 6) is 0. The molecule has 0 bridgehead atoms. The van der Waals surface area contributed by atoms with Gasteiger partial charge in [-0.05, 0) is 99.5 Å². The molecule has 0 N–H and O–H groups in total. The molecule has 1 aliphatic rings. The van der Waals surface area contributed by atoms with Gasteiger partial charge in [-0.25, -0.2) is 0 Å². The lowest BCUT2D eigenvalue weighted by molar-refractivity contribution is 0.332. The van der Waals surface area contributed by atoms with Crippen LogP contribution >= 0.6 is 11.6 Å². The molecule has 0 spiro atoms. The van der Waals surface area contributed by atoms with E-state index in [0.717, 1.165) is 10.6 Å². The average molecular weight is 540 g/mol. The molecule has 7 rings (SSSR count). The van der Waals surface area contributed by atoms with E-state index in [4.69, 9.17) is 11.6 Å². The van der Waals surface area contributed by atoms with Crippen molar-refractivity contribution < 1.29 is 0 Å². The van der Waals surface area contributed by atoms with E-state index in [2.05, 4.69) is 123 Å². The SMILES string of the molecule is CC1(C)CCC(C)(C)c2cc(-n3c4ccccc4c4ccc(-c5cccc(-c6cccc(Cl)c6)c5)cc43)ccc21. The molecule has 0 amide bonds. The Kier molecular flexibility index (Phi) is 5.74. The maximum Gasteiger partial charge on any atom is 0.0547 e. The van der Waals surface area contributed by atoms with Crippen molar-refractivity contribution in [3.05, 3.63) is 125 Å². The fourth-order valence-corrected chi connectivity index (χ4v) is 6.88. The zero-order valence-electron chi connectivity index (χ0n) is 23.6. The summed E-state index contributed by atoms with van der Waals surface area (Å²) in [6.07, 6.45) is 2.43. The summed E-state index contributed by atoms with van der Waals surface area (Å²) in [7, 11) is 0. The molecule has 198 valence electrons. The number of para-hydroxylation sites is 1. The molecule has 0 saturated heterocycles. The van der Waals surface area contributed by atoms with E-state index in [-0.39, 0.29) is 10.8 Å². The third-order valence-corrected chi connectivity index (χ3v) is 9.36. The van der Waals surface area contributed by atoms with E-state index >= 15 is 0 Å². The number of aromatic nitrogens is 1. The van der Waals surface area contributed by atoms with Gasteiger partial charge in [0.05, 0.1) is 11.0 Å². The van der Waals surface area contributed by atoms with Crippen LogP contribution in [0.15, 0.2) is 109 Å². The van der Waals surface area contributed by atoms with Gasteiger partial charge in [-0.3, -0.25) is 0 Å². The monoisotopic (exact) mass is 539 g/mol. The number of nitrogens with zero attached hydrogens (tertiary/aromatic N) is 1. The van der Waals surface area contributed by atoms with Gasteiger partial charge in [-0.1, -0.05) is 106 Å². The zero-order valence-corrected chi connectivity index (χ0v) is 24.4. The van der Waals surface area contributed by atoms with Crippen molar-refractivity contribution >= 4 is 33.4 Å². The lowest BCUT2D eigenvalue weighted by Gasteiger charge is -2.42. The molecule has 1 nitrogen and oxygen atoms in total. The Balaban J connectivity index is 1.43. The number of benzene rings is 5. The van der Waals surface area contributed by atoms with Crippen LogP contribution in [0.1, 0.15) is 51.7 Å². The Labute approximate surface area is 242 Å². The highest BCUT2D eigenvalue weighted by Crippen LogP contribution is 2.47. The largest absolute Gasteiger partial charge is 0.309 e. The standard InChI is InChI=1S/C38H34ClN/c1-37(2)19-20-38(3,4)34-24-30(16-18-33(34)37)40-35-14-6-5-13-31(35)32-17-15-28(23-36(32)40)26-10-7-9-25(21-26)27-11-8-12-29(39)22-27/h5-18,21-24H,19-20H2,1-4H3. The van der Waals surface area contributed by atoms with Crippen molar-refractivity contribution in [1.82, 2.24) is 4.57 Å². The molecule has 1 aromatic heterocycles. The molecule has 40 heavy (non-hydrogen) atoms. The highest BCUT2D eigenvalue weighted by atomic mass is 35.5. The van der Waals surface area contributed by atoms with Crippen LogP contribution in [0.2, 0.25) is 5.02 Å². The Bertz CT molecular complexity index is 1920. The van der Waals surface area contributed by atoms with Crippen molar-refractivity contribution in [3.63, 3.8) is 0 Å². The van der Waals surface area contributed by atoms with Crippen LogP contribution < -0.4 is 0 Å². The summed E-state index contributed by atoms with van der Waals surface area (Å²) < 4.78 is 2.47. The van der Waals surface area contributed by atoms with Gasteiger partial charge in [0.25, 0.3) is 0 Å². The van der Waals surface area contributed by atoms with Crippen molar-refractivity contribution in [3.8, 4) is 27.9 Å². The first kappa shape index (κ1) is 25.2. The van der Waals surface area contributed by atoms with E-state index in [9.17, 15) is 0 Å². The first-order valence-electron chi connectivity index (χ1n) is 14.3. The lowest BCUT2D eigenvalue weighted by atomic mass is 9.63. The van der Waals surface area contributed by atoms with Gasteiger partial charge in [-0.2, -0.15) is 0 Å². The molecule has 0 radical (unpaired) electrons. The molecule has 6 aromatic rings. The quantitative estimate of drug-likeness (QED) is 0.211. The fourth-order valence-electron chi connectivity index (χ4n) is 6.69. The van der Waals surface area contributed by atoms with Gasteiger partial charge in [-0.15, -0.1) is 0 Å². The molecule has 0 fully saturated rings. The van der Waals surface area contributed by atoms with Gasteiger partial charge in [0.2, 0.25) is 0 Å². The summed E-state index contributed by atoms with van der Waals surface area (Å²) in [4.78, 5) is 0. The molecule has 0 aliphatic heterocycles. The van der Waals surface area contributed by atoms with Crippen LogP contribution in [-0.4, -0.2) is 4.57 Å². The summed E-state index contributed by atoms with van der Waals surface area (Å²) in [5.41, 5.74) is 11.8. The number of hydrogen-bond acceptors (Lipinski definition) is 0. The molecule has 0 atom stereocenters. The Morgan fingerprint density at radius 1 is 0.525 bits per heavy atom. The molecule has 0 unspecified atom stereocenters. The smallest absolute Gasteiger partial charge is 0.0547 e. The van der Waals surface area contributed by atoms with Crippen LogP contribution in [0, 0.1) is 0 Å². The maximum atomic E-state index is 6.31. The molecule has 0 saturated carbocycles. The Morgan fingerprint density at radius 2 is 1.15 bits per heavy atom. The Morgan fingerprint density at radius 3 is 1.90 bits per heavy atom. The van der Waals surface area contributed by atoms with Crippen molar-refractivity contribution in [2.45, 2.75) is 51.4 Å². The van der Waals surface area contributed by atoms with Crippen molar-refractivity contribution in [2.24, 2.45) is 0 Å². The normalized spacial score (nSPS) is 15.8.